The van der Waals surface area contributed by atoms with Crippen molar-refractivity contribution in [3.8, 4) is 11.1 Å². The normalized spacial score (nSPS) is 17.3. The van der Waals surface area contributed by atoms with Crippen molar-refractivity contribution in [2.45, 2.75) is 51.6 Å². The second kappa shape index (κ2) is 11.9. The fraction of sp³-hybridized carbons (Fsp3) is 0.314. The van der Waals surface area contributed by atoms with Crippen LogP contribution in [-0.4, -0.2) is 41.5 Å². The third-order valence-corrected chi connectivity index (χ3v) is 8.55. The van der Waals surface area contributed by atoms with Crippen LogP contribution < -0.4 is 5.32 Å². The number of benzene rings is 3. The molecule has 2 atom stereocenters. The Hall–Kier alpha value is -4.72. The van der Waals surface area contributed by atoms with E-state index in [1.54, 1.807) is 6.07 Å². The van der Waals surface area contributed by atoms with E-state index in [-0.39, 0.29) is 29.6 Å². The van der Waals surface area contributed by atoms with Gasteiger partial charge in [0.1, 0.15) is 5.56 Å². The van der Waals surface area contributed by atoms with Crippen molar-refractivity contribution in [3.63, 3.8) is 0 Å². The number of carbonyl (C=O) groups excluding carboxylic acids is 3. The molecule has 1 N–H and O–H groups in total. The Morgan fingerprint density at radius 3 is 2.63 bits per heavy atom. The molecule has 1 fully saturated rings. The summed E-state index contributed by atoms with van der Waals surface area (Å²) in [4.78, 5) is 40.9. The summed E-state index contributed by atoms with van der Waals surface area (Å²) < 4.78 is 10.3. The number of nitrogens with zero attached hydrogens (tertiary/aromatic N) is 2. The Balaban J connectivity index is 1.29. The molecule has 0 bridgehead atoms. The van der Waals surface area contributed by atoms with Gasteiger partial charge in [0.15, 0.2) is 5.76 Å². The van der Waals surface area contributed by atoms with Crippen molar-refractivity contribution in [2.24, 2.45) is 5.92 Å². The van der Waals surface area contributed by atoms with Gasteiger partial charge >= 0.3 is 5.97 Å². The first kappa shape index (κ1) is 28.4. The molecule has 43 heavy (non-hydrogen) atoms. The first-order valence-corrected chi connectivity index (χ1v) is 14.7. The number of nitrogens with one attached hydrogen (secondary N) is 1. The molecule has 1 aromatic heterocycles. The van der Waals surface area contributed by atoms with E-state index in [0.29, 0.717) is 42.9 Å². The molecular formula is C35H35N3O5. The Labute approximate surface area is 251 Å². The first-order valence-electron chi connectivity index (χ1n) is 14.7. The van der Waals surface area contributed by atoms with Gasteiger partial charge in [-0.3, -0.25) is 9.59 Å². The maximum atomic E-state index is 13.7. The van der Waals surface area contributed by atoms with Crippen LogP contribution in [0.4, 0.5) is 0 Å². The summed E-state index contributed by atoms with van der Waals surface area (Å²) in [6.45, 7) is 5.23. The van der Waals surface area contributed by atoms with Crippen molar-refractivity contribution in [3.05, 3.63) is 112 Å². The predicted molar refractivity (Wildman–Crippen MR) is 161 cm³/mol. The molecule has 0 spiro atoms. The minimum absolute atomic E-state index is 0.0279. The summed E-state index contributed by atoms with van der Waals surface area (Å²) in [5, 5.41) is 7.06. The van der Waals surface area contributed by atoms with Crippen LogP contribution >= 0.6 is 0 Å². The highest BCUT2D eigenvalue weighted by Gasteiger charge is 2.43. The number of aromatic nitrogens is 1. The molecule has 220 valence electrons. The smallest absolute Gasteiger partial charge is 0.337 e. The molecule has 6 rings (SSSR count). The van der Waals surface area contributed by atoms with Crippen LogP contribution in [0.2, 0.25) is 0 Å². The topological polar surface area (TPSA) is 102 Å². The van der Waals surface area contributed by atoms with E-state index >= 15 is 0 Å². The summed E-state index contributed by atoms with van der Waals surface area (Å²) in [5.41, 5.74) is 7.16. The second-order valence-electron chi connectivity index (χ2n) is 11.6. The van der Waals surface area contributed by atoms with Gasteiger partial charge in [-0.2, -0.15) is 0 Å². The summed E-state index contributed by atoms with van der Waals surface area (Å²) in [6.07, 6.45) is 2.98. The Kier molecular flexibility index (Phi) is 7.84. The number of amides is 2. The highest BCUT2D eigenvalue weighted by molar-refractivity contribution is 5.95. The molecule has 0 radical (unpaired) electrons. The van der Waals surface area contributed by atoms with Gasteiger partial charge in [-0.1, -0.05) is 73.6 Å². The van der Waals surface area contributed by atoms with Crippen molar-refractivity contribution in [1.82, 2.24) is 15.4 Å². The van der Waals surface area contributed by atoms with Crippen LogP contribution in [0.25, 0.3) is 11.1 Å². The van der Waals surface area contributed by atoms with Crippen LogP contribution in [0.5, 0.6) is 0 Å². The summed E-state index contributed by atoms with van der Waals surface area (Å²) >= 11 is 0. The standard InChI is InChI=1S/C35H35N3O5/c1-21(2)32-30(19-37-43-32)34(40)38-15-14-27-26(23-10-7-11-24(16-23)35(41)42-3)13-12-25(31(27)20-38)18-36-33(39)29-17-28(29)22-8-5-4-6-9-22/h4-13,16,19,21,28-29H,14-15,17-18,20H2,1-3H3,(H,36,39)/t28-,29+/m1/s1. The summed E-state index contributed by atoms with van der Waals surface area (Å²) in [7, 11) is 1.37. The molecule has 2 amide bonds. The number of hydrogen-bond donors (Lipinski definition) is 1. The SMILES string of the molecule is COC(=O)c1cccc(-c2ccc(CNC(=O)[C@H]3C[C@@H]3c3ccccc3)c3c2CCN(C(=O)c2cnoc2C(C)C)C3)c1. The van der Waals surface area contributed by atoms with Crippen LogP contribution in [0, 0.1) is 5.92 Å². The van der Waals surface area contributed by atoms with E-state index in [0.717, 1.165) is 34.2 Å². The molecule has 0 unspecified atom stereocenters. The van der Waals surface area contributed by atoms with Gasteiger partial charge in [0, 0.05) is 31.5 Å². The fourth-order valence-electron chi connectivity index (χ4n) is 6.14. The van der Waals surface area contributed by atoms with Crippen LogP contribution in [-0.2, 0) is 29.0 Å². The molecule has 0 saturated heterocycles. The molecule has 4 aromatic rings. The van der Waals surface area contributed by atoms with Crippen molar-refractivity contribution >= 4 is 17.8 Å². The number of rotatable bonds is 8. The number of fused-ring (bicyclic) bond motifs is 1. The molecule has 1 aliphatic carbocycles. The lowest BCUT2D eigenvalue weighted by atomic mass is 9.87. The van der Waals surface area contributed by atoms with Crippen LogP contribution in [0.15, 0.2) is 77.4 Å². The third-order valence-electron chi connectivity index (χ3n) is 8.55. The quantitative estimate of drug-likeness (QED) is 0.263. The molecule has 1 aliphatic heterocycles. The van der Waals surface area contributed by atoms with Gasteiger partial charge in [0.25, 0.3) is 5.91 Å². The Morgan fingerprint density at radius 1 is 1.05 bits per heavy atom. The zero-order chi connectivity index (χ0) is 30.1. The predicted octanol–water partition coefficient (Wildman–Crippen LogP) is 5.87. The third kappa shape index (κ3) is 5.69. The molecule has 1 saturated carbocycles. The van der Waals surface area contributed by atoms with E-state index in [9.17, 15) is 14.4 Å². The highest BCUT2D eigenvalue weighted by Crippen LogP contribution is 2.47. The monoisotopic (exact) mass is 577 g/mol. The lowest BCUT2D eigenvalue weighted by Crippen LogP contribution is -2.37. The molecule has 2 heterocycles. The summed E-state index contributed by atoms with van der Waals surface area (Å²) in [6, 6.07) is 21.6. The Bertz CT molecular complexity index is 1680. The van der Waals surface area contributed by atoms with Gasteiger partial charge in [-0.15, -0.1) is 0 Å². The van der Waals surface area contributed by atoms with Crippen LogP contribution in [0.1, 0.15) is 80.8 Å². The highest BCUT2D eigenvalue weighted by atomic mass is 16.5. The zero-order valence-corrected chi connectivity index (χ0v) is 24.6. The minimum atomic E-state index is -0.393. The van der Waals surface area contributed by atoms with E-state index < -0.39 is 5.97 Å². The average Bonchev–Trinajstić information content (AvgIpc) is 3.70. The molecule has 3 aromatic carbocycles. The lowest BCUT2D eigenvalue weighted by Gasteiger charge is -2.32. The maximum absolute atomic E-state index is 13.7. The number of hydrogen-bond acceptors (Lipinski definition) is 6. The number of ether oxygens (including phenoxy) is 1. The molecule has 2 aliphatic rings. The zero-order valence-electron chi connectivity index (χ0n) is 24.6. The Morgan fingerprint density at radius 2 is 1.86 bits per heavy atom. The van der Waals surface area contributed by atoms with Crippen LogP contribution in [0.3, 0.4) is 0 Å². The number of carbonyl (C=O) groups is 3. The van der Waals surface area contributed by atoms with Gasteiger partial charge in [-0.05, 0) is 64.3 Å². The lowest BCUT2D eigenvalue weighted by molar-refractivity contribution is -0.122. The number of methoxy groups -OCH3 is 1. The second-order valence-corrected chi connectivity index (χ2v) is 11.6. The van der Waals surface area contributed by atoms with E-state index in [2.05, 4.69) is 28.7 Å². The van der Waals surface area contributed by atoms with Gasteiger partial charge in [0.05, 0.1) is 18.9 Å². The first-order chi connectivity index (χ1) is 20.9. The minimum Gasteiger partial charge on any atom is -0.465 e. The number of esters is 1. The maximum Gasteiger partial charge on any atom is 0.337 e. The van der Waals surface area contributed by atoms with E-state index in [1.807, 2.05) is 61.2 Å². The van der Waals surface area contributed by atoms with Gasteiger partial charge in [-0.25, -0.2) is 4.79 Å². The van der Waals surface area contributed by atoms with Gasteiger partial charge < -0.3 is 19.5 Å². The van der Waals surface area contributed by atoms with Crippen molar-refractivity contribution in [1.29, 1.82) is 0 Å². The van der Waals surface area contributed by atoms with E-state index in [1.165, 1.54) is 18.9 Å². The van der Waals surface area contributed by atoms with Gasteiger partial charge in [0.2, 0.25) is 5.91 Å². The molecule has 8 nitrogen and oxygen atoms in total. The molecule has 8 heteroatoms. The largest absolute Gasteiger partial charge is 0.465 e. The summed E-state index contributed by atoms with van der Waals surface area (Å²) in [5.74, 6) is 0.371. The van der Waals surface area contributed by atoms with Crippen molar-refractivity contribution < 1.29 is 23.6 Å². The fourth-order valence-corrected chi connectivity index (χ4v) is 6.14. The average molecular weight is 578 g/mol. The van der Waals surface area contributed by atoms with Crippen molar-refractivity contribution in [2.75, 3.05) is 13.7 Å². The van der Waals surface area contributed by atoms with E-state index in [4.69, 9.17) is 9.26 Å². The molecular weight excluding hydrogens is 542 g/mol.